The molecule has 6 aromatic rings. The molecule has 10 aliphatic rings. The van der Waals surface area contributed by atoms with E-state index in [-0.39, 0.29) is 123 Å². The van der Waals surface area contributed by atoms with Gasteiger partial charge in [-0.2, -0.15) is 0 Å². The Morgan fingerprint density at radius 3 is 1.12 bits per heavy atom. The van der Waals surface area contributed by atoms with Crippen molar-refractivity contribution in [2.24, 2.45) is 63.6 Å². The number of rotatable bonds is 6. The van der Waals surface area contributed by atoms with Crippen LogP contribution in [-0.4, -0.2) is 191 Å². The predicted molar refractivity (Wildman–Crippen MR) is 483 cm³/mol. The number of alkyl carbamates (subject to hydrolysis) is 3. The van der Waals surface area contributed by atoms with Crippen LogP contribution in [0.4, 0.5) is 14.4 Å². The van der Waals surface area contributed by atoms with E-state index in [4.69, 9.17) is 93.1 Å². The number of benzene rings is 3. The van der Waals surface area contributed by atoms with Gasteiger partial charge in [0, 0.05) is 76.7 Å². The number of nitrogens with zero attached hydrogens (tertiary/aromatic N) is 9. The zero-order valence-electron chi connectivity index (χ0n) is 77.3. The average molecular weight is 1960 g/mol. The van der Waals surface area contributed by atoms with Crippen LogP contribution in [0.2, 0.25) is 15.1 Å². The summed E-state index contributed by atoms with van der Waals surface area (Å²) in [5.74, 6) is 1.43. The molecule has 3 radical (unpaired) electrons. The first kappa shape index (κ1) is 103. The summed E-state index contributed by atoms with van der Waals surface area (Å²) in [7, 11) is 0. The van der Waals surface area contributed by atoms with Crippen LogP contribution >= 0.6 is 34.8 Å². The number of aryl methyl sites for hydroxylation is 3. The van der Waals surface area contributed by atoms with E-state index < -0.39 is 100 Å². The predicted octanol–water partition coefficient (Wildman–Crippen LogP) is 17.3. The molecule has 703 valence electrons. The Bertz CT molecular complexity index is 4980. The van der Waals surface area contributed by atoms with Gasteiger partial charge < -0.3 is 73.5 Å². The Hall–Kier alpha value is -7.07. The maximum atomic E-state index is 14.2. The molecule has 27 nitrogen and oxygen atoms in total. The topological polar surface area (TPSA) is 332 Å². The van der Waals surface area contributed by atoms with Gasteiger partial charge in [-0.25, -0.2) is 63.1 Å². The summed E-state index contributed by atoms with van der Waals surface area (Å²) in [5, 5.41) is 10.3. The number of fused-ring (bicyclic) bond motifs is 17. The van der Waals surface area contributed by atoms with Crippen molar-refractivity contribution in [1.82, 2.24) is 60.6 Å². The second-order valence-electron chi connectivity index (χ2n) is 40.7. The van der Waals surface area contributed by atoms with Crippen LogP contribution in [-0.2, 0) is 118 Å². The fourth-order valence-corrected chi connectivity index (χ4v) is 21.6. The Kier molecular flexibility index (Phi) is 34.5. The number of carbonyl (C=O) groups is 6. The van der Waals surface area contributed by atoms with Gasteiger partial charge in [0.1, 0.15) is 70.8 Å². The van der Waals surface area contributed by atoms with Crippen LogP contribution in [0.15, 0.2) is 54.6 Å². The number of carbonyl (C=O) groups excluding carboxylic acids is 9. The number of halogens is 3. The van der Waals surface area contributed by atoms with E-state index in [9.17, 15) is 43.2 Å². The maximum absolute atomic E-state index is 14.2. The first-order valence-electron chi connectivity index (χ1n) is 46.3. The molecule has 3 aromatic carbocycles. The van der Waals surface area contributed by atoms with Gasteiger partial charge in [0.05, 0.1) is 52.7 Å². The van der Waals surface area contributed by atoms with Crippen LogP contribution in [0, 0.1) is 63.6 Å². The van der Waals surface area contributed by atoms with Gasteiger partial charge in [-0.3, -0.25) is 14.4 Å². The first-order valence-corrected chi connectivity index (χ1v) is 47.5. The molecule has 3 N–H and O–H groups in total. The molecule has 4 aliphatic carbocycles. The zero-order chi connectivity index (χ0) is 90.9. The van der Waals surface area contributed by atoms with E-state index in [1.165, 1.54) is 21.1 Å². The largest absolute Gasteiger partial charge is 0.540 e. The molecule has 130 heavy (non-hydrogen) atoms. The number of hydrogen-bond donors (Lipinski definition) is 3. The van der Waals surface area contributed by atoms with E-state index in [0.29, 0.717) is 111 Å². The second-order valence-corrected chi connectivity index (χ2v) is 42.0. The van der Waals surface area contributed by atoms with Gasteiger partial charge >= 0.3 is 18.3 Å². The smallest absolute Gasteiger partial charge is 0.408 e. The minimum absolute atomic E-state index is 0. The van der Waals surface area contributed by atoms with Gasteiger partial charge in [0.15, 0.2) is 0 Å². The molecule has 3 saturated heterocycles. The van der Waals surface area contributed by atoms with Crippen LogP contribution in [0.3, 0.4) is 0 Å². The van der Waals surface area contributed by atoms with Crippen LogP contribution < -0.4 is 30.2 Å². The molecule has 16 rings (SSSR count). The standard InChI is InChI=1S/C33H42ClN4O5.C33H44ClN4O5.C31H40ClN4O5.3V/c1-5-20-26(17-39)38-16-28(20)42-30-24(35-23-12-11-19(34)15-25(23)36-30)10-8-6-7-9-21-22-13-18(22)14-27(21)43-32(41)37-29(31(38)40)33(2,3)4;1-6-22-26(19-39)38-18-27(22)42-29-24(35-23-15-14-21(34)17-25(23)36-29)13-9-7-8-11-20-12-10-16-33(20,5)43-31(41)37-28(30(38)40)32(2,3)4;1-6-20-24(17-37)36-16-25(20)40-27-22(33-21-13-12-19(32)14-23(21)34-27)11-9-7-8-10-18-15-31(18,5)41-29(39)35-26(28(36)38)30(2,3)4;;;/h11-12,15,18,20-22,26-29H,5-10,13-14,16H2,1-4H3,(H,37,41);14-15,17,20,22,26-28H,6-13,16,18H2,1-5H3,(H,37,41);12-14,18,20,24-26H,6-11,15-16H2,1-5H3,(H,35,39);;;/q3*-1;;;/t18?,20-,21+,22?,26+,27+,28-,29+;20-,22+,26-,27+,28-,33-;18-,20+,24-,25+,26-,31-;;;/m011.../s1. The fourth-order valence-electron chi connectivity index (χ4n) is 21.1. The van der Waals surface area contributed by atoms with Crippen molar-refractivity contribution < 1.29 is 127 Å². The third-order valence-electron chi connectivity index (χ3n) is 28.6. The van der Waals surface area contributed by atoms with Gasteiger partial charge in [-0.1, -0.05) is 194 Å². The Balaban J connectivity index is 0.000000186. The molecule has 20 atom stereocenters. The number of ether oxygens (including phenoxy) is 6. The molecule has 0 spiro atoms. The van der Waals surface area contributed by atoms with Gasteiger partial charge in [-0.15, -0.1) is 0 Å². The average Bonchev–Trinajstić information content (AvgIpc) is 1.60. The van der Waals surface area contributed by atoms with Crippen molar-refractivity contribution >= 4 is 123 Å². The zero-order valence-corrected chi connectivity index (χ0v) is 83.8. The van der Waals surface area contributed by atoms with E-state index in [0.717, 1.165) is 143 Å². The van der Waals surface area contributed by atoms with Crippen LogP contribution in [0.1, 0.15) is 249 Å². The van der Waals surface area contributed by atoms with E-state index >= 15 is 0 Å². The summed E-state index contributed by atoms with van der Waals surface area (Å²) in [5.41, 5.74) is 3.38. The van der Waals surface area contributed by atoms with E-state index in [1.807, 2.05) is 115 Å². The van der Waals surface area contributed by atoms with E-state index in [2.05, 4.69) is 34.8 Å². The van der Waals surface area contributed by atoms with Crippen molar-refractivity contribution in [3.63, 3.8) is 0 Å². The molecular weight excluding hydrogens is 1830 g/mol. The Labute approximate surface area is 815 Å². The number of amides is 6. The van der Waals surface area contributed by atoms with Crippen molar-refractivity contribution in [3.05, 3.63) is 86.7 Å². The molecule has 3 aromatic heterocycles. The number of nitrogens with one attached hydrogen (secondary N) is 3. The quantitative estimate of drug-likeness (QED) is 0.103. The van der Waals surface area contributed by atoms with Crippen LogP contribution in [0.5, 0.6) is 17.6 Å². The van der Waals surface area contributed by atoms with E-state index in [1.54, 1.807) is 36.4 Å². The number of hydrogen-bond acceptors (Lipinski definition) is 21. The molecule has 6 bridgehead atoms. The Morgan fingerprint density at radius 2 is 0.754 bits per heavy atom. The van der Waals surface area contributed by atoms with Crippen molar-refractivity contribution in [2.45, 2.75) is 323 Å². The van der Waals surface area contributed by atoms with Gasteiger partial charge in [0.25, 0.3) is 0 Å². The minimum atomic E-state index is -0.910. The van der Waals surface area contributed by atoms with Gasteiger partial charge in [0.2, 0.25) is 35.4 Å². The summed E-state index contributed by atoms with van der Waals surface area (Å²) in [4.78, 5) is 153. The van der Waals surface area contributed by atoms with Crippen molar-refractivity contribution in [3.8, 4) is 17.6 Å². The normalized spacial score (nSPS) is 31.0. The summed E-state index contributed by atoms with van der Waals surface area (Å²) in [6, 6.07) is 11.1. The van der Waals surface area contributed by atoms with Gasteiger partial charge in [-0.05, 0) is 222 Å². The minimum Gasteiger partial charge on any atom is -0.540 e. The number of aromatic nitrogens is 6. The Morgan fingerprint density at radius 1 is 0.408 bits per heavy atom. The summed E-state index contributed by atoms with van der Waals surface area (Å²) < 4.78 is 37.7. The SMILES string of the molecule is CC[C@@H]1[C@@H]2CN(C(=O)[C@H](C(C)(C)C)NC(=O)O[C@@H]3CC4CC4[C@H]3CCCCCc3nc4ccc(Cl)cc4nc3O2)[C@@H]1[C-]=O.CC[C@@H]1[C@@H]2CN(C(=O)[C@H](C(C)(C)C)NC(=O)O[C@]3(C)CCC[C@H]3CCCCCc3nc4ccc(Cl)cc4nc3O2)[C@@H]1[C-]=O.CC[C@@H]1[C@@H]2CN(C(=O)[C@H](C(C)(C)C)NC(=O)O[C@]3(C)C[C@H]3CCCCCc3nc4ccc(Cl)cc4nc3O2)[C@@H]1[C-]=O.[V].[V].[V]. The summed E-state index contributed by atoms with van der Waals surface area (Å²) >= 11 is 18.8. The third-order valence-corrected chi connectivity index (χ3v) is 29.3. The molecule has 6 amide bonds. The molecule has 33 heteroatoms. The second kappa shape index (κ2) is 43.3. The molecule has 9 heterocycles. The van der Waals surface area contributed by atoms with Crippen LogP contribution in [0.25, 0.3) is 33.1 Å². The maximum Gasteiger partial charge on any atom is 0.408 e. The molecule has 7 fully saturated rings. The third kappa shape index (κ3) is 23.5. The fraction of sp³-hybridized carbons (Fsp3) is 0.660. The van der Waals surface area contributed by atoms with Crippen molar-refractivity contribution in [2.75, 3.05) is 19.6 Å². The molecule has 4 saturated carbocycles. The first-order chi connectivity index (χ1) is 60.4. The van der Waals surface area contributed by atoms with Crippen molar-refractivity contribution in [1.29, 1.82) is 0 Å². The molecule has 2 unspecified atom stereocenters. The molecule has 6 aliphatic heterocycles. The molecular formula is C97H126Cl3N12O15V3-3. The summed E-state index contributed by atoms with van der Waals surface area (Å²) in [6.45, 7) is 27.4. The summed E-state index contributed by atoms with van der Waals surface area (Å²) in [6.07, 6.45) is 24.2. The monoisotopic (exact) mass is 1960 g/mol.